The lowest BCUT2D eigenvalue weighted by Crippen LogP contribution is -2.37. The second kappa shape index (κ2) is 6.12. The lowest BCUT2D eigenvalue weighted by molar-refractivity contribution is -0.138. The molecule has 0 radical (unpaired) electrons. The van der Waals surface area contributed by atoms with Gasteiger partial charge in [0, 0.05) is 12.2 Å². The number of aliphatic carboxylic acids is 1. The van der Waals surface area contributed by atoms with Crippen molar-refractivity contribution in [2.45, 2.75) is 25.8 Å². The monoisotopic (exact) mass is 222 g/mol. The number of hydrogen-bond donors (Lipinski definition) is 3. The summed E-state index contributed by atoms with van der Waals surface area (Å²) < 4.78 is 0. The van der Waals surface area contributed by atoms with Crippen LogP contribution >= 0.6 is 0 Å². The molecule has 88 valence electrons. The number of carboxylic acids is 1. The van der Waals surface area contributed by atoms with Crippen LogP contribution in [0.3, 0.4) is 0 Å². The van der Waals surface area contributed by atoms with Gasteiger partial charge in [-0.1, -0.05) is 31.5 Å². The first-order valence-corrected chi connectivity index (χ1v) is 5.45. The predicted molar refractivity (Wildman–Crippen MR) is 64.5 cm³/mol. The molecule has 0 amide bonds. The van der Waals surface area contributed by atoms with Gasteiger partial charge in [0.15, 0.2) is 0 Å². The third kappa shape index (κ3) is 3.55. The molecule has 0 spiro atoms. The summed E-state index contributed by atoms with van der Waals surface area (Å²) >= 11 is 0. The van der Waals surface area contributed by atoms with Gasteiger partial charge in [-0.05, 0) is 18.1 Å². The van der Waals surface area contributed by atoms with E-state index >= 15 is 0 Å². The molecule has 1 unspecified atom stereocenters. The molecule has 1 aromatic carbocycles. The van der Waals surface area contributed by atoms with Crippen molar-refractivity contribution >= 4 is 11.7 Å². The van der Waals surface area contributed by atoms with Gasteiger partial charge in [0.25, 0.3) is 0 Å². The summed E-state index contributed by atoms with van der Waals surface area (Å²) in [7, 11) is 0. The molecule has 4 N–H and O–H groups in total. The van der Waals surface area contributed by atoms with E-state index < -0.39 is 12.0 Å². The molecule has 1 aromatic rings. The number of aryl methyl sites for hydroxylation is 1. The number of hydrogen-bond acceptors (Lipinski definition) is 3. The summed E-state index contributed by atoms with van der Waals surface area (Å²) in [6.07, 6.45) is 2.04. The van der Waals surface area contributed by atoms with Crippen LogP contribution in [0.5, 0.6) is 0 Å². The Morgan fingerprint density at radius 3 is 2.81 bits per heavy atom. The molecule has 0 fully saturated rings. The Bertz CT molecular complexity index is 353. The number of nitrogens with one attached hydrogen (secondary N) is 1. The van der Waals surface area contributed by atoms with Gasteiger partial charge in [-0.25, -0.2) is 0 Å². The van der Waals surface area contributed by atoms with Gasteiger partial charge >= 0.3 is 5.97 Å². The van der Waals surface area contributed by atoms with Crippen LogP contribution in [0, 0.1) is 0 Å². The average Bonchev–Trinajstić information content (AvgIpc) is 2.27. The number of rotatable bonds is 6. The zero-order valence-corrected chi connectivity index (χ0v) is 9.44. The number of carboxylic acid groups (broad SMARTS) is 1. The Kier molecular flexibility index (Phi) is 4.79. The van der Waals surface area contributed by atoms with Crippen LogP contribution in [0.25, 0.3) is 0 Å². The highest BCUT2D eigenvalue weighted by Gasteiger charge is 2.11. The molecule has 16 heavy (non-hydrogen) atoms. The largest absolute Gasteiger partial charge is 0.480 e. The van der Waals surface area contributed by atoms with Crippen LogP contribution < -0.4 is 11.1 Å². The molecule has 1 atom stereocenters. The Morgan fingerprint density at radius 1 is 1.50 bits per heavy atom. The number of benzene rings is 1. The maximum atomic E-state index is 10.6. The zero-order chi connectivity index (χ0) is 12.0. The molecule has 4 heteroatoms. The molecule has 0 aliphatic rings. The smallest absolute Gasteiger partial charge is 0.322 e. The molecule has 0 aromatic heterocycles. The van der Waals surface area contributed by atoms with E-state index in [1.807, 2.05) is 24.3 Å². The van der Waals surface area contributed by atoms with E-state index in [9.17, 15) is 4.79 Å². The number of anilines is 1. The van der Waals surface area contributed by atoms with Crippen molar-refractivity contribution < 1.29 is 9.90 Å². The standard InChI is InChI=1S/C12H18N2O2/c1-2-5-9-6-3-4-7-11(9)14-8-10(13)12(15)16/h3-4,6-7,10,14H,2,5,8,13H2,1H3,(H,15,16). The normalized spacial score (nSPS) is 12.1. The third-order valence-electron chi connectivity index (χ3n) is 2.37. The zero-order valence-electron chi connectivity index (χ0n) is 9.44. The second-order valence-corrected chi connectivity index (χ2v) is 3.73. The molecule has 0 saturated heterocycles. The first-order chi connectivity index (χ1) is 7.65. The highest BCUT2D eigenvalue weighted by molar-refractivity contribution is 5.74. The Balaban J connectivity index is 2.62. The molecule has 0 bridgehead atoms. The lowest BCUT2D eigenvalue weighted by atomic mass is 10.1. The first kappa shape index (κ1) is 12.5. The fourth-order valence-corrected chi connectivity index (χ4v) is 1.49. The SMILES string of the molecule is CCCc1ccccc1NCC(N)C(=O)O. The summed E-state index contributed by atoms with van der Waals surface area (Å²) in [5.74, 6) is -0.986. The van der Waals surface area contributed by atoms with Gasteiger partial charge in [-0.15, -0.1) is 0 Å². The van der Waals surface area contributed by atoms with Crippen LogP contribution in [0.4, 0.5) is 5.69 Å². The van der Waals surface area contributed by atoms with Crippen molar-refractivity contribution in [2.75, 3.05) is 11.9 Å². The summed E-state index contributed by atoms with van der Waals surface area (Å²) in [4.78, 5) is 10.6. The minimum atomic E-state index is -0.986. The molecular weight excluding hydrogens is 204 g/mol. The maximum absolute atomic E-state index is 10.6. The van der Waals surface area contributed by atoms with Crippen molar-refractivity contribution in [3.8, 4) is 0 Å². The topological polar surface area (TPSA) is 75.3 Å². The van der Waals surface area contributed by atoms with E-state index in [0.717, 1.165) is 18.5 Å². The Morgan fingerprint density at radius 2 is 2.19 bits per heavy atom. The van der Waals surface area contributed by atoms with Gasteiger partial charge in [-0.2, -0.15) is 0 Å². The number of nitrogens with two attached hydrogens (primary N) is 1. The summed E-state index contributed by atoms with van der Waals surface area (Å²) in [6, 6.07) is 7.02. The Labute approximate surface area is 95.5 Å². The first-order valence-electron chi connectivity index (χ1n) is 5.45. The minimum absolute atomic E-state index is 0.246. The minimum Gasteiger partial charge on any atom is -0.480 e. The van der Waals surface area contributed by atoms with Crippen molar-refractivity contribution in [3.05, 3.63) is 29.8 Å². The van der Waals surface area contributed by atoms with Crippen molar-refractivity contribution in [1.29, 1.82) is 0 Å². The van der Waals surface area contributed by atoms with Crippen LogP contribution in [0.15, 0.2) is 24.3 Å². The van der Waals surface area contributed by atoms with Crippen LogP contribution in [-0.4, -0.2) is 23.7 Å². The second-order valence-electron chi connectivity index (χ2n) is 3.73. The molecule has 0 aliphatic carbocycles. The molecule has 0 heterocycles. The quantitative estimate of drug-likeness (QED) is 0.681. The maximum Gasteiger partial charge on any atom is 0.322 e. The van der Waals surface area contributed by atoms with Gasteiger partial charge in [0.05, 0.1) is 0 Å². The number of para-hydroxylation sites is 1. The van der Waals surface area contributed by atoms with E-state index in [4.69, 9.17) is 10.8 Å². The molecule has 0 aliphatic heterocycles. The third-order valence-corrected chi connectivity index (χ3v) is 2.37. The fourth-order valence-electron chi connectivity index (χ4n) is 1.49. The van der Waals surface area contributed by atoms with Crippen LogP contribution in [-0.2, 0) is 11.2 Å². The van der Waals surface area contributed by atoms with Crippen LogP contribution in [0.1, 0.15) is 18.9 Å². The van der Waals surface area contributed by atoms with E-state index in [1.165, 1.54) is 5.56 Å². The van der Waals surface area contributed by atoms with Crippen LogP contribution in [0.2, 0.25) is 0 Å². The van der Waals surface area contributed by atoms with Gasteiger partial charge in [0.2, 0.25) is 0 Å². The van der Waals surface area contributed by atoms with Gasteiger partial charge in [0.1, 0.15) is 6.04 Å². The predicted octanol–water partition coefficient (Wildman–Crippen LogP) is 1.46. The summed E-state index contributed by atoms with van der Waals surface area (Å²) in [5, 5.41) is 11.7. The van der Waals surface area contributed by atoms with Crippen molar-refractivity contribution in [3.63, 3.8) is 0 Å². The molecular formula is C12H18N2O2. The van der Waals surface area contributed by atoms with E-state index in [2.05, 4.69) is 12.2 Å². The van der Waals surface area contributed by atoms with Gasteiger partial charge < -0.3 is 16.2 Å². The molecule has 0 saturated carbocycles. The van der Waals surface area contributed by atoms with E-state index in [0.29, 0.717) is 0 Å². The highest BCUT2D eigenvalue weighted by atomic mass is 16.4. The van der Waals surface area contributed by atoms with Gasteiger partial charge in [-0.3, -0.25) is 4.79 Å². The highest BCUT2D eigenvalue weighted by Crippen LogP contribution is 2.16. The van der Waals surface area contributed by atoms with Crippen molar-refractivity contribution in [1.82, 2.24) is 0 Å². The molecule has 1 rings (SSSR count). The fraction of sp³-hybridized carbons (Fsp3) is 0.417. The summed E-state index contributed by atoms with van der Waals surface area (Å²) in [6.45, 7) is 2.36. The van der Waals surface area contributed by atoms with E-state index in [-0.39, 0.29) is 6.54 Å². The van der Waals surface area contributed by atoms with E-state index in [1.54, 1.807) is 0 Å². The molecule has 4 nitrogen and oxygen atoms in total. The Hall–Kier alpha value is -1.55. The number of carbonyl (C=O) groups is 1. The average molecular weight is 222 g/mol. The van der Waals surface area contributed by atoms with Crippen molar-refractivity contribution in [2.24, 2.45) is 5.73 Å². The lowest BCUT2D eigenvalue weighted by Gasteiger charge is -2.13. The summed E-state index contributed by atoms with van der Waals surface area (Å²) in [5.41, 5.74) is 7.60.